The Morgan fingerprint density at radius 3 is 2.49 bits per heavy atom. The number of halogens is 1. The van der Waals surface area contributed by atoms with E-state index in [9.17, 15) is 18.8 Å². The fraction of sp³-hybridized carbons (Fsp3) is 0.320. The molecule has 0 aliphatic rings. The zero-order valence-corrected chi connectivity index (χ0v) is 20.9. The van der Waals surface area contributed by atoms with Gasteiger partial charge in [0.2, 0.25) is 5.91 Å². The normalized spacial score (nSPS) is 12.6. The number of carbonyl (C=O) groups is 3. The average Bonchev–Trinajstić information content (AvgIpc) is 3.25. The van der Waals surface area contributed by atoms with Gasteiger partial charge < -0.3 is 15.2 Å². The number of thioether (sulfide) groups is 1. The maximum Gasteiger partial charge on any atom is 0.254 e. The number of amides is 2. The first-order valence-corrected chi connectivity index (χ1v) is 12.2. The van der Waals surface area contributed by atoms with Crippen LogP contribution in [0.1, 0.15) is 66.7 Å². The Kier molecular flexibility index (Phi) is 8.75. The summed E-state index contributed by atoms with van der Waals surface area (Å²) < 4.78 is 15.8. The fourth-order valence-electron chi connectivity index (χ4n) is 3.48. The Hall–Kier alpha value is -3.53. The molecule has 0 saturated carbocycles. The average molecular weight is 498 g/mol. The van der Waals surface area contributed by atoms with Crippen molar-refractivity contribution in [2.24, 2.45) is 0 Å². The number of carbonyl (C=O) groups excluding carboxylic acids is 3. The molecule has 3 rings (SSSR count). The first-order valence-electron chi connectivity index (χ1n) is 11.3. The van der Waals surface area contributed by atoms with Crippen LogP contribution < -0.4 is 10.6 Å². The van der Waals surface area contributed by atoms with Gasteiger partial charge in [-0.1, -0.05) is 43.0 Å². The molecule has 2 amide bonds. The van der Waals surface area contributed by atoms with E-state index in [-0.39, 0.29) is 17.3 Å². The molecule has 10 heteroatoms. The summed E-state index contributed by atoms with van der Waals surface area (Å²) in [7, 11) is 0. The number of aromatic nitrogens is 3. The van der Waals surface area contributed by atoms with Gasteiger partial charge in [-0.25, -0.2) is 4.39 Å². The maximum atomic E-state index is 14.0. The summed E-state index contributed by atoms with van der Waals surface area (Å²) in [5.41, 5.74) is 1.02. The van der Waals surface area contributed by atoms with Gasteiger partial charge in [-0.15, -0.1) is 10.2 Å². The van der Waals surface area contributed by atoms with Crippen molar-refractivity contribution >= 4 is 35.0 Å². The van der Waals surface area contributed by atoms with Crippen molar-refractivity contribution in [1.29, 1.82) is 0 Å². The van der Waals surface area contributed by atoms with Crippen LogP contribution in [0.5, 0.6) is 0 Å². The van der Waals surface area contributed by atoms with Crippen molar-refractivity contribution in [3.8, 4) is 0 Å². The Morgan fingerprint density at radius 2 is 1.83 bits per heavy atom. The van der Waals surface area contributed by atoms with Crippen LogP contribution in [0.3, 0.4) is 0 Å². The highest BCUT2D eigenvalue weighted by Crippen LogP contribution is 2.27. The number of Topliss-reactive ketones (excluding diaryl/α,β-unsaturated/α-hetero) is 1. The van der Waals surface area contributed by atoms with Gasteiger partial charge in [0, 0.05) is 17.8 Å². The number of benzene rings is 2. The van der Waals surface area contributed by atoms with E-state index in [1.807, 2.05) is 18.4 Å². The van der Waals surface area contributed by atoms with Crippen LogP contribution in [0.4, 0.5) is 10.1 Å². The summed E-state index contributed by atoms with van der Waals surface area (Å²) in [6.45, 7) is 7.55. The van der Waals surface area contributed by atoms with E-state index in [2.05, 4.69) is 20.8 Å². The van der Waals surface area contributed by atoms with Crippen molar-refractivity contribution in [2.75, 3.05) is 5.32 Å². The molecule has 184 valence electrons. The molecular weight excluding hydrogens is 469 g/mol. The Balaban J connectivity index is 1.73. The topological polar surface area (TPSA) is 106 Å². The van der Waals surface area contributed by atoms with E-state index in [0.29, 0.717) is 35.2 Å². The lowest BCUT2D eigenvalue weighted by atomic mass is 10.1. The Bertz CT molecular complexity index is 1230. The summed E-state index contributed by atoms with van der Waals surface area (Å²) >= 11 is 1.27. The summed E-state index contributed by atoms with van der Waals surface area (Å²) in [4.78, 5) is 37.1. The van der Waals surface area contributed by atoms with Crippen molar-refractivity contribution < 1.29 is 18.8 Å². The summed E-state index contributed by atoms with van der Waals surface area (Å²) in [5, 5.41) is 14.2. The summed E-state index contributed by atoms with van der Waals surface area (Å²) in [6.07, 6.45) is 0.536. The minimum absolute atomic E-state index is 0.0481. The van der Waals surface area contributed by atoms with Crippen LogP contribution in [-0.2, 0) is 11.3 Å². The molecule has 1 aromatic heterocycles. The van der Waals surface area contributed by atoms with Crippen LogP contribution in [0.2, 0.25) is 0 Å². The number of rotatable bonds is 10. The number of nitrogens with one attached hydrogen (secondary N) is 2. The molecule has 3 aromatic rings. The second-order valence-corrected chi connectivity index (χ2v) is 9.07. The van der Waals surface area contributed by atoms with Crippen LogP contribution in [0.15, 0.2) is 53.7 Å². The molecule has 1 heterocycles. The van der Waals surface area contributed by atoms with Gasteiger partial charge in [0.15, 0.2) is 16.8 Å². The molecular formula is C25H28FN5O3S. The number of ketones is 1. The van der Waals surface area contributed by atoms with E-state index in [4.69, 9.17) is 0 Å². The lowest BCUT2D eigenvalue weighted by Gasteiger charge is -2.17. The van der Waals surface area contributed by atoms with Gasteiger partial charge in [-0.2, -0.15) is 0 Å². The summed E-state index contributed by atoms with van der Waals surface area (Å²) in [6, 6.07) is 12.0. The number of nitrogens with zero attached hydrogens (tertiary/aromatic N) is 3. The second kappa shape index (κ2) is 11.7. The van der Waals surface area contributed by atoms with Gasteiger partial charge in [0.05, 0.1) is 16.9 Å². The predicted molar refractivity (Wildman–Crippen MR) is 133 cm³/mol. The van der Waals surface area contributed by atoms with Crippen LogP contribution >= 0.6 is 11.8 Å². The molecule has 0 radical (unpaired) electrons. The Morgan fingerprint density at radius 1 is 1.09 bits per heavy atom. The van der Waals surface area contributed by atoms with Gasteiger partial charge in [-0.3, -0.25) is 14.4 Å². The first-order chi connectivity index (χ1) is 16.7. The van der Waals surface area contributed by atoms with Gasteiger partial charge in [0.1, 0.15) is 5.82 Å². The largest absolute Gasteiger partial charge is 0.342 e. The van der Waals surface area contributed by atoms with Crippen LogP contribution in [-0.4, -0.2) is 37.6 Å². The second-order valence-electron chi connectivity index (χ2n) is 7.90. The Labute approximate surface area is 207 Å². The van der Waals surface area contributed by atoms with E-state index in [1.54, 1.807) is 37.3 Å². The molecule has 2 N–H and O–H groups in total. The third kappa shape index (κ3) is 6.33. The molecule has 0 aliphatic heterocycles. The van der Waals surface area contributed by atoms with Crippen molar-refractivity contribution in [3.63, 3.8) is 0 Å². The molecule has 35 heavy (non-hydrogen) atoms. The first kappa shape index (κ1) is 26.1. The van der Waals surface area contributed by atoms with Crippen molar-refractivity contribution in [3.05, 3.63) is 71.3 Å². The smallest absolute Gasteiger partial charge is 0.254 e. The van der Waals surface area contributed by atoms with Crippen LogP contribution in [0, 0.1) is 5.82 Å². The fourth-order valence-corrected chi connectivity index (χ4v) is 4.50. The molecule has 0 fully saturated rings. The third-order valence-electron chi connectivity index (χ3n) is 5.36. The molecule has 0 spiro atoms. The maximum absolute atomic E-state index is 14.0. The number of hydrogen-bond donors (Lipinski definition) is 2. The lowest BCUT2D eigenvalue weighted by Crippen LogP contribution is -2.29. The van der Waals surface area contributed by atoms with Crippen molar-refractivity contribution in [1.82, 2.24) is 20.1 Å². The van der Waals surface area contributed by atoms with E-state index in [1.165, 1.54) is 36.9 Å². The zero-order chi connectivity index (χ0) is 25.5. The van der Waals surface area contributed by atoms with E-state index in [0.717, 1.165) is 0 Å². The molecule has 2 atom stereocenters. The molecule has 2 aromatic carbocycles. The van der Waals surface area contributed by atoms with Crippen molar-refractivity contribution in [2.45, 2.75) is 57.1 Å². The monoisotopic (exact) mass is 497 g/mol. The minimum atomic E-state index is -0.601. The van der Waals surface area contributed by atoms with E-state index >= 15 is 0 Å². The highest BCUT2D eigenvalue weighted by atomic mass is 32.2. The van der Waals surface area contributed by atoms with Gasteiger partial charge in [0.25, 0.3) is 5.91 Å². The highest BCUT2D eigenvalue weighted by molar-refractivity contribution is 8.00. The SMILES string of the molecule is CC[C@@H](Sc1nnc([C@H](C)NC(=O)c2ccccc2F)n1CC)C(=O)Nc1cccc(C(C)=O)c1. The predicted octanol–water partition coefficient (Wildman–Crippen LogP) is 4.64. The minimum Gasteiger partial charge on any atom is -0.342 e. The summed E-state index contributed by atoms with van der Waals surface area (Å²) in [5.74, 6) is -0.942. The number of hydrogen-bond acceptors (Lipinski definition) is 6. The zero-order valence-electron chi connectivity index (χ0n) is 20.0. The molecule has 0 unspecified atom stereocenters. The van der Waals surface area contributed by atoms with Crippen LogP contribution in [0.25, 0.3) is 0 Å². The van der Waals surface area contributed by atoms with Gasteiger partial charge in [-0.05, 0) is 51.5 Å². The molecule has 8 nitrogen and oxygen atoms in total. The lowest BCUT2D eigenvalue weighted by molar-refractivity contribution is -0.115. The van der Waals surface area contributed by atoms with E-state index < -0.39 is 23.0 Å². The quantitative estimate of drug-likeness (QED) is 0.312. The molecule has 0 aliphatic carbocycles. The highest BCUT2D eigenvalue weighted by Gasteiger charge is 2.25. The standard InChI is InChI=1S/C25H28FN5O3S/c1-5-21(24(34)28-18-11-9-10-17(14-18)16(4)32)35-25-30-29-22(31(25)6-2)15(3)27-23(33)19-12-7-8-13-20(19)26/h7-15,21H,5-6H2,1-4H3,(H,27,33)(H,28,34)/t15-,21+/m0/s1. The number of anilines is 1. The molecule has 0 saturated heterocycles. The van der Waals surface area contributed by atoms with Gasteiger partial charge >= 0.3 is 0 Å². The molecule has 0 bridgehead atoms. The third-order valence-corrected chi connectivity index (χ3v) is 6.71.